The van der Waals surface area contributed by atoms with Crippen LogP contribution in [0.4, 0.5) is 5.69 Å². The van der Waals surface area contributed by atoms with Crippen molar-refractivity contribution in [2.75, 3.05) is 11.9 Å². The molecule has 2 aromatic carbocycles. The van der Waals surface area contributed by atoms with Crippen LogP contribution in [0, 0.1) is 0 Å². The Labute approximate surface area is 194 Å². The number of benzene rings is 2. The van der Waals surface area contributed by atoms with Gasteiger partial charge in [0.2, 0.25) is 0 Å². The number of carbonyl (C=O) groups excluding carboxylic acids is 2. The van der Waals surface area contributed by atoms with E-state index in [1.807, 2.05) is 26.0 Å². The lowest BCUT2D eigenvalue weighted by atomic mass is 10.2. The number of amides is 2. The molecule has 3 rings (SSSR count). The minimum absolute atomic E-state index is 0.0168. The second-order valence-electron chi connectivity index (χ2n) is 6.62. The van der Waals surface area contributed by atoms with Crippen molar-refractivity contribution in [3.05, 3.63) is 63.0 Å². The quantitative estimate of drug-likeness (QED) is 0.429. The van der Waals surface area contributed by atoms with E-state index in [0.717, 1.165) is 0 Å². The fourth-order valence-corrected chi connectivity index (χ4v) is 4.59. The molecular weight excluding hydrogens is 463 g/mol. The summed E-state index contributed by atoms with van der Waals surface area (Å²) >= 11 is 18.6. The van der Waals surface area contributed by atoms with Crippen molar-refractivity contribution in [2.24, 2.45) is 0 Å². The molecule has 5 nitrogen and oxygen atoms in total. The smallest absolute Gasteiger partial charge is 0.266 e. The third kappa shape index (κ3) is 5.16. The van der Waals surface area contributed by atoms with Gasteiger partial charge in [0.1, 0.15) is 10.1 Å². The summed E-state index contributed by atoms with van der Waals surface area (Å²) in [5.74, 6) is -0.0529. The van der Waals surface area contributed by atoms with E-state index in [0.29, 0.717) is 31.2 Å². The number of halogens is 2. The zero-order valence-corrected chi connectivity index (χ0v) is 19.3. The summed E-state index contributed by atoms with van der Waals surface area (Å²) in [5.41, 5.74) is 1.08. The Morgan fingerprint density at radius 3 is 2.67 bits per heavy atom. The summed E-state index contributed by atoms with van der Waals surface area (Å²) in [5, 5.41) is 3.28. The van der Waals surface area contributed by atoms with E-state index in [1.165, 1.54) is 11.8 Å². The second kappa shape index (κ2) is 9.83. The van der Waals surface area contributed by atoms with Crippen molar-refractivity contribution in [3.63, 3.8) is 0 Å². The number of nitrogens with one attached hydrogen (secondary N) is 1. The number of para-hydroxylation sites is 1. The lowest BCUT2D eigenvalue weighted by Gasteiger charge is -2.18. The number of rotatable bonds is 6. The summed E-state index contributed by atoms with van der Waals surface area (Å²) in [6.45, 7) is 3.59. The zero-order chi connectivity index (χ0) is 21.8. The third-order valence-electron chi connectivity index (χ3n) is 4.13. The van der Waals surface area contributed by atoms with Gasteiger partial charge in [-0.1, -0.05) is 71.4 Å². The van der Waals surface area contributed by atoms with Crippen molar-refractivity contribution < 1.29 is 14.3 Å². The molecule has 0 unspecified atom stereocenters. The number of carbonyl (C=O) groups is 2. The Morgan fingerprint density at radius 1 is 1.23 bits per heavy atom. The minimum Gasteiger partial charge on any atom is -0.483 e. The van der Waals surface area contributed by atoms with Gasteiger partial charge in [-0.2, -0.15) is 0 Å². The fraction of sp³-hybridized carbons (Fsp3) is 0.190. The molecule has 0 saturated carbocycles. The Bertz CT molecular complexity index is 1040. The number of thioether (sulfide) groups is 1. The number of thiocarbonyl (C=S) groups is 1. The van der Waals surface area contributed by atoms with E-state index in [-0.39, 0.29) is 29.5 Å². The summed E-state index contributed by atoms with van der Waals surface area (Å²) in [7, 11) is 0. The molecule has 1 aliphatic heterocycles. The topological polar surface area (TPSA) is 58.6 Å². The van der Waals surface area contributed by atoms with Gasteiger partial charge in [-0.15, -0.1) is 0 Å². The van der Waals surface area contributed by atoms with Crippen LogP contribution in [0.15, 0.2) is 47.4 Å². The molecule has 0 radical (unpaired) electrons. The first kappa shape index (κ1) is 22.6. The highest BCUT2D eigenvalue weighted by atomic mass is 35.5. The highest BCUT2D eigenvalue weighted by Crippen LogP contribution is 2.35. The van der Waals surface area contributed by atoms with E-state index in [4.69, 9.17) is 40.2 Å². The van der Waals surface area contributed by atoms with Crippen LogP contribution in [-0.4, -0.2) is 33.7 Å². The molecule has 2 aromatic rings. The molecule has 2 amide bonds. The van der Waals surface area contributed by atoms with Crippen LogP contribution in [0.1, 0.15) is 19.4 Å². The number of anilines is 1. The maximum absolute atomic E-state index is 12.6. The second-order valence-corrected chi connectivity index (χ2v) is 9.08. The van der Waals surface area contributed by atoms with Crippen LogP contribution in [0.3, 0.4) is 0 Å². The zero-order valence-electron chi connectivity index (χ0n) is 16.1. The molecule has 0 bridgehead atoms. The monoisotopic (exact) mass is 480 g/mol. The van der Waals surface area contributed by atoms with Gasteiger partial charge in [-0.3, -0.25) is 14.5 Å². The lowest BCUT2D eigenvalue weighted by Crippen LogP contribution is -2.34. The molecule has 0 spiro atoms. The minimum atomic E-state index is -0.389. The van der Waals surface area contributed by atoms with Crippen LogP contribution in [-0.2, 0) is 9.59 Å². The molecular formula is C21H18Cl2N2O3S2. The van der Waals surface area contributed by atoms with Crippen molar-refractivity contribution >= 4 is 75.1 Å². The first-order chi connectivity index (χ1) is 14.3. The highest BCUT2D eigenvalue weighted by molar-refractivity contribution is 8.26. The Morgan fingerprint density at radius 2 is 1.97 bits per heavy atom. The highest BCUT2D eigenvalue weighted by Gasteiger charge is 2.33. The first-order valence-electron chi connectivity index (χ1n) is 9.00. The molecule has 1 fully saturated rings. The Balaban J connectivity index is 1.72. The molecule has 0 aliphatic carbocycles. The predicted molar refractivity (Wildman–Crippen MR) is 127 cm³/mol. The van der Waals surface area contributed by atoms with Crippen molar-refractivity contribution in [3.8, 4) is 5.75 Å². The fourth-order valence-electron chi connectivity index (χ4n) is 2.73. The molecule has 0 aromatic heterocycles. The summed E-state index contributed by atoms with van der Waals surface area (Å²) < 4.78 is 6.21. The Kier molecular flexibility index (Phi) is 7.41. The van der Waals surface area contributed by atoms with Crippen LogP contribution in [0.2, 0.25) is 10.0 Å². The molecule has 1 aliphatic rings. The SMILES string of the molecule is CC(C)N1C(=O)/C(=C/c2ccccc2OCC(=O)Nc2cccc(Cl)c2Cl)SC1=S. The van der Waals surface area contributed by atoms with Gasteiger partial charge in [0, 0.05) is 11.6 Å². The summed E-state index contributed by atoms with van der Waals surface area (Å²) in [6, 6.07) is 12.1. The first-order valence-corrected chi connectivity index (χ1v) is 11.0. The van der Waals surface area contributed by atoms with E-state index >= 15 is 0 Å². The molecule has 0 atom stereocenters. The van der Waals surface area contributed by atoms with Gasteiger partial charge in [-0.25, -0.2) is 0 Å². The summed E-state index contributed by atoms with van der Waals surface area (Å²) in [6.07, 6.45) is 1.72. The summed E-state index contributed by atoms with van der Waals surface area (Å²) in [4.78, 5) is 27.0. The Hall–Kier alpha value is -2.06. The van der Waals surface area contributed by atoms with E-state index in [2.05, 4.69) is 5.32 Å². The number of nitrogens with zero attached hydrogens (tertiary/aromatic N) is 1. The standard InChI is InChI=1S/C21H18Cl2N2O3S2/c1-12(2)25-20(27)17(30-21(25)29)10-13-6-3-4-9-16(13)28-11-18(26)24-15-8-5-7-14(22)19(15)23/h3-10,12H,11H2,1-2H3,(H,24,26)/b17-10-. The maximum atomic E-state index is 12.6. The van der Waals surface area contributed by atoms with E-state index < -0.39 is 0 Å². The number of hydrogen-bond donors (Lipinski definition) is 1. The number of hydrogen-bond acceptors (Lipinski definition) is 5. The average Bonchev–Trinajstić information content (AvgIpc) is 2.98. The van der Waals surface area contributed by atoms with Gasteiger partial charge in [0.15, 0.2) is 6.61 Å². The molecule has 1 N–H and O–H groups in total. The van der Waals surface area contributed by atoms with Crippen LogP contribution in [0.25, 0.3) is 6.08 Å². The van der Waals surface area contributed by atoms with Gasteiger partial charge in [-0.05, 0) is 38.1 Å². The molecule has 1 heterocycles. The molecule has 9 heteroatoms. The van der Waals surface area contributed by atoms with Gasteiger partial charge in [0.25, 0.3) is 11.8 Å². The number of ether oxygens (including phenoxy) is 1. The largest absolute Gasteiger partial charge is 0.483 e. The van der Waals surface area contributed by atoms with Crippen LogP contribution >= 0.6 is 47.2 Å². The lowest BCUT2D eigenvalue weighted by molar-refractivity contribution is -0.123. The van der Waals surface area contributed by atoms with Crippen molar-refractivity contribution in [2.45, 2.75) is 19.9 Å². The molecule has 156 valence electrons. The van der Waals surface area contributed by atoms with Crippen LogP contribution in [0.5, 0.6) is 5.75 Å². The molecule has 30 heavy (non-hydrogen) atoms. The van der Waals surface area contributed by atoms with Gasteiger partial charge in [0.05, 0.1) is 20.6 Å². The van der Waals surface area contributed by atoms with Crippen molar-refractivity contribution in [1.29, 1.82) is 0 Å². The van der Waals surface area contributed by atoms with E-state index in [1.54, 1.807) is 41.3 Å². The maximum Gasteiger partial charge on any atom is 0.266 e. The van der Waals surface area contributed by atoms with Gasteiger partial charge < -0.3 is 10.1 Å². The third-order valence-corrected chi connectivity index (χ3v) is 6.28. The normalized spacial score (nSPS) is 15.2. The van der Waals surface area contributed by atoms with Crippen molar-refractivity contribution in [1.82, 2.24) is 4.90 Å². The van der Waals surface area contributed by atoms with E-state index in [9.17, 15) is 9.59 Å². The van der Waals surface area contributed by atoms with Gasteiger partial charge >= 0.3 is 0 Å². The van der Waals surface area contributed by atoms with Crippen LogP contribution < -0.4 is 10.1 Å². The molecule has 1 saturated heterocycles. The predicted octanol–water partition coefficient (Wildman–Crippen LogP) is 5.62. The average molecular weight is 481 g/mol.